The summed E-state index contributed by atoms with van der Waals surface area (Å²) in [6.07, 6.45) is 3.63. The Morgan fingerprint density at radius 3 is 2.62 bits per heavy atom. The van der Waals surface area contributed by atoms with E-state index in [0.29, 0.717) is 24.5 Å². The van der Waals surface area contributed by atoms with Crippen LogP contribution in [0.5, 0.6) is 0 Å². The van der Waals surface area contributed by atoms with Crippen LogP contribution in [0, 0.1) is 0 Å². The smallest absolute Gasteiger partial charge is 0.243 e. The monoisotopic (exact) mass is 475 g/mol. The lowest BCUT2D eigenvalue weighted by molar-refractivity contribution is -0.121. The summed E-state index contributed by atoms with van der Waals surface area (Å²) in [5.74, 6) is -0.101. The van der Waals surface area contributed by atoms with Crippen LogP contribution < -0.4 is 5.32 Å². The molecule has 0 saturated carbocycles. The zero-order valence-electron chi connectivity index (χ0n) is 15.8. The number of nitrogens with one attached hydrogen (secondary N) is 1. The summed E-state index contributed by atoms with van der Waals surface area (Å²) in [5.41, 5.74) is 1.85. The number of carbonyl (C=O) groups excluding carboxylic acids is 1. The van der Waals surface area contributed by atoms with Crippen LogP contribution >= 0.6 is 15.9 Å². The minimum absolute atomic E-state index is 0.101. The van der Waals surface area contributed by atoms with Gasteiger partial charge in [-0.3, -0.25) is 4.79 Å². The number of sulfonamides is 1. The largest absolute Gasteiger partial charge is 0.350 e. The Morgan fingerprint density at radius 2 is 1.86 bits per heavy atom. The van der Waals surface area contributed by atoms with Crippen molar-refractivity contribution in [2.24, 2.45) is 0 Å². The number of amides is 1. The van der Waals surface area contributed by atoms with Gasteiger partial charge >= 0.3 is 0 Å². The summed E-state index contributed by atoms with van der Waals surface area (Å²) >= 11 is 3.42. The fourth-order valence-electron chi connectivity index (χ4n) is 3.61. The topological polar surface area (TPSA) is 71.4 Å². The second kappa shape index (κ2) is 8.30. The van der Waals surface area contributed by atoms with Gasteiger partial charge in [0.2, 0.25) is 15.9 Å². The molecule has 2 aromatic carbocycles. The molecule has 1 N–H and O–H groups in total. The zero-order valence-corrected chi connectivity index (χ0v) is 18.2. The van der Waals surface area contributed by atoms with E-state index < -0.39 is 10.0 Å². The van der Waals surface area contributed by atoms with Crippen LogP contribution in [0.3, 0.4) is 0 Å². The van der Waals surface area contributed by atoms with Gasteiger partial charge in [0.05, 0.1) is 4.90 Å². The van der Waals surface area contributed by atoms with E-state index >= 15 is 0 Å². The lowest BCUT2D eigenvalue weighted by atomic mass is 10.2. The number of halogens is 1. The van der Waals surface area contributed by atoms with Crippen LogP contribution in [0.2, 0.25) is 0 Å². The highest BCUT2D eigenvalue weighted by Crippen LogP contribution is 2.25. The van der Waals surface area contributed by atoms with Gasteiger partial charge in [0.1, 0.15) is 6.54 Å². The molecule has 1 aliphatic rings. The average Bonchev–Trinajstić information content (AvgIpc) is 3.37. The Morgan fingerprint density at radius 1 is 1.07 bits per heavy atom. The Kier molecular flexibility index (Phi) is 5.76. The Labute approximate surface area is 178 Å². The molecule has 0 spiro atoms. The van der Waals surface area contributed by atoms with Crippen molar-refractivity contribution in [2.75, 3.05) is 13.1 Å². The SMILES string of the molecule is O=C(Cn1ccc2cc(S(=O)(=O)N3CCCC3)ccc21)NCc1cccc(Br)c1. The molecule has 29 heavy (non-hydrogen) atoms. The standard InChI is InChI=1S/C21H22BrN3O3S/c22-18-5-3-4-16(12-18)14-23-21(26)15-24-11-8-17-13-19(6-7-20(17)24)29(27,28)25-9-1-2-10-25/h3-8,11-13H,1-2,9-10,14-15H2,(H,23,26). The van der Waals surface area contributed by atoms with Gasteiger partial charge in [-0.15, -0.1) is 0 Å². The molecule has 152 valence electrons. The van der Waals surface area contributed by atoms with Crippen molar-refractivity contribution in [3.8, 4) is 0 Å². The summed E-state index contributed by atoms with van der Waals surface area (Å²) in [6.45, 7) is 1.80. The van der Waals surface area contributed by atoms with Gasteiger partial charge in [0, 0.05) is 41.2 Å². The lowest BCUT2D eigenvalue weighted by Crippen LogP contribution is -2.28. The molecule has 0 unspecified atom stereocenters. The Hall–Kier alpha value is -2.16. The third-order valence-corrected chi connectivity index (χ3v) is 7.53. The summed E-state index contributed by atoms with van der Waals surface area (Å²) in [4.78, 5) is 12.7. The van der Waals surface area contributed by atoms with Crippen molar-refractivity contribution in [3.05, 3.63) is 64.8 Å². The van der Waals surface area contributed by atoms with Crippen molar-refractivity contribution < 1.29 is 13.2 Å². The van der Waals surface area contributed by atoms with Gasteiger partial charge in [0.25, 0.3) is 0 Å². The van der Waals surface area contributed by atoms with Crippen LogP contribution in [-0.2, 0) is 27.9 Å². The summed E-state index contributed by atoms with van der Waals surface area (Å²) < 4.78 is 29.9. The molecule has 0 radical (unpaired) electrons. The third kappa shape index (κ3) is 4.39. The number of benzene rings is 2. The van der Waals surface area contributed by atoms with E-state index in [0.717, 1.165) is 33.8 Å². The first kappa shape index (κ1) is 20.1. The lowest BCUT2D eigenvalue weighted by Gasteiger charge is -2.15. The molecule has 1 amide bonds. The molecule has 1 fully saturated rings. The summed E-state index contributed by atoms with van der Waals surface area (Å²) in [7, 11) is -3.45. The zero-order chi connectivity index (χ0) is 20.4. The minimum atomic E-state index is -3.45. The first-order chi connectivity index (χ1) is 13.9. The molecule has 1 saturated heterocycles. The number of fused-ring (bicyclic) bond motifs is 1. The number of hydrogen-bond donors (Lipinski definition) is 1. The van der Waals surface area contributed by atoms with Crippen LogP contribution in [0.25, 0.3) is 10.9 Å². The highest BCUT2D eigenvalue weighted by atomic mass is 79.9. The van der Waals surface area contributed by atoms with Gasteiger partial charge < -0.3 is 9.88 Å². The molecule has 8 heteroatoms. The minimum Gasteiger partial charge on any atom is -0.350 e. The molecule has 4 rings (SSSR count). The highest BCUT2D eigenvalue weighted by Gasteiger charge is 2.27. The van der Waals surface area contributed by atoms with E-state index in [1.807, 2.05) is 41.1 Å². The van der Waals surface area contributed by atoms with Crippen molar-refractivity contribution in [3.63, 3.8) is 0 Å². The van der Waals surface area contributed by atoms with E-state index in [1.54, 1.807) is 22.5 Å². The first-order valence-corrected chi connectivity index (χ1v) is 11.8. The van der Waals surface area contributed by atoms with Gasteiger partial charge in [-0.25, -0.2) is 8.42 Å². The van der Waals surface area contributed by atoms with Crippen LogP contribution in [0.4, 0.5) is 0 Å². The number of nitrogens with zero attached hydrogens (tertiary/aromatic N) is 2. The predicted octanol–water partition coefficient (Wildman–Crippen LogP) is 3.50. The molecule has 2 heterocycles. The summed E-state index contributed by atoms with van der Waals surface area (Å²) in [5, 5.41) is 3.73. The maximum Gasteiger partial charge on any atom is 0.243 e. The van der Waals surface area contributed by atoms with E-state index in [4.69, 9.17) is 0 Å². The maximum atomic E-state index is 12.8. The average molecular weight is 476 g/mol. The maximum absolute atomic E-state index is 12.8. The number of rotatable bonds is 6. The molecule has 1 aliphatic heterocycles. The molecule has 1 aromatic heterocycles. The van der Waals surface area contributed by atoms with E-state index in [9.17, 15) is 13.2 Å². The summed E-state index contributed by atoms with van der Waals surface area (Å²) in [6, 6.07) is 14.7. The van der Waals surface area contributed by atoms with Crippen molar-refractivity contribution in [2.45, 2.75) is 30.8 Å². The van der Waals surface area contributed by atoms with Gasteiger partial charge in [-0.05, 0) is 54.8 Å². The number of aromatic nitrogens is 1. The molecular formula is C21H22BrN3O3S. The normalized spacial score (nSPS) is 15.1. The second-order valence-corrected chi connectivity index (χ2v) is 10.0. The van der Waals surface area contributed by atoms with Crippen molar-refractivity contribution >= 4 is 42.8 Å². The van der Waals surface area contributed by atoms with Crippen LogP contribution in [-0.4, -0.2) is 36.3 Å². The molecular weight excluding hydrogens is 454 g/mol. The third-order valence-electron chi connectivity index (χ3n) is 5.14. The Balaban J connectivity index is 1.47. The Bertz CT molecular complexity index is 1150. The highest BCUT2D eigenvalue weighted by molar-refractivity contribution is 9.10. The molecule has 0 bridgehead atoms. The van der Waals surface area contributed by atoms with E-state index in [2.05, 4.69) is 21.2 Å². The molecule has 0 aliphatic carbocycles. The molecule has 3 aromatic rings. The molecule has 6 nitrogen and oxygen atoms in total. The van der Waals surface area contributed by atoms with Crippen LogP contribution in [0.1, 0.15) is 18.4 Å². The fourth-order valence-corrected chi connectivity index (χ4v) is 5.61. The molecule has 0 atom stereocenters. The predicted molar refractivity (Wildman–Crippen MR) is 116 cm³/mol. The van der Waals surface area contributed by atoms with Gasteiger partial charge in [-0.2, -0.15) is 4.31 Å². The first-order valence-electron chi connectivity index (χ1n) is 9.54. The quantitative estimate of drug-likeness (QED) is 0.592. The number of carbonyl (C=O) groups is 1. The van der Waals surface area contributed by atoms with Crippen molar-refractivity contribution in [1.29, 1.82) is 0 Å². The van der Waals surface area contributed by atoms with Crippen molar-refractivity contribution in [1.82, 2.24) is 14.2 Å². The van der Waals surface area contributed by atoms with E-state index in [1.165, 1.54) is 0 Å². The van der Waals surface area contributed by atoms with Gasteiger partial charge in [-0.1, -0.05) is 28.1 Å². The fraction of sp³-hybridized carbons (Fsp3) is 0.286. The van der Waals surface area contributed by atoms with Gasteiger partial charge in [0.15, 0.2) is 0 Å². The number of hydrogen-bond acceptors (Lipinski definition) is 3. The van der Waals surface area contributed by atoms with E-state index in [-0.39, 0.29) is 12.5 Å². The van der Waals surface area contributed by atoms with Crippen LogP contribution in [0.15, 0.2) is 64.1 Å². The second-order valence-electron chi connectivity index (χ2n) is 7.18.